The Morgan fingerprint density at radius 2 is 2.40 bits per heavy atom. The predicted molar refractivity (Wildman–Crippen MR) is 59.5 cm³/mol. The van der Waals surface area contributed by atoms with E-state index in [1.165, 1.54) is 6.07 Å². The monoisotopic (exact) mass is 204 g/mol. The molecule has 0 saturated heterocycles. The van der Waals surface area contributed by atoms with Crippen molar-refractivity contribution in [2.24, 2.45) is 5.11 Å². The number of H-pyrrole nitrogens is 1. The van der Waals surface area contributed by atoms with Crippen molar-refractivity contribution in [2.45, 2.75) is 13.3 Å². The normalized spacial score (nSPS) is 10.2. The molecular weight excluding hydrogens is 192 g/mol. The lowest BCUT2D eigenvalue weighted by Crippen LogP contribution is -2.05. The summed E-state index contributed by atoms with van der Waals surface area (Å²) in [7, 11) is 0. The van der Waals surface area contributed by atoms with Crippen molar-refractivity contribution in [3.63, 3.8) is 0 Å². The lowest BCUT2D eigenvalue weighted by atomic mass is 10.2. The van der Waals surface area contributed by atoms with Crippen LogP contribution in [0.3, 0.4) is 0 Å². The third-order valence-electron chi connectivity index (χ3n) is 1.91. The zero-order valence-electron chi connectivity index (χ0n) is 8.47. The van der Waals surface area contributed by atoms with Crippen molar-refractivity contribution in [2.75, 3.05) is 6.54 Å². The number of hydrogen-bond donors (Lipinski definition) is 1. The van der Waals surface area contributed by atoms with Gasteiger partial charge in [0.25, 0.3) is 0 Å². The second-order valence-electron chi connectivity index (χ2n) is 3.05. The number of rotatable bonds is 4. The molecule has 0 radical (unpaired) electrons. The largest absolute Gasteiger partial charge is 0.326 e. The molecule has 0 amide bonds. The number of hydrogen-bond acceptors (Lipinski definition) is 2. The van der Waals surface area contributed by atoms with E-state index in [0.29, 0.717) is 13.0 Å². The summed E-state index contributed by atoms with van der Waals surface area (Å²) in [4.78, 5) is 16.3. The van der Waals surface area contributed by atoms with Gasteiger partial charge in [0.1, 0.15) is 0 Å². The van der Waals surface area contributed by atoms with Crippen LogP contribution in [0.15, 0.2) is 28.1 Å². The maximum atomic E-state index is 10.9. The second kappa shape index (κ2) is 5.67. The fourth-order valence-electron chi connectivity index (χ4n) is 1.16. The number of nitrogens with zero attached hydrogens (tertiary/aromatic N) is 3. The van der Waals surface area contributed by atoms with Crippen LogP contribution in [-0.2, 0) is 0 Å². The molecule has 5 heteroatoms. The van der Waals surface area contributed by atoms with Gasteiger partial charge in [-0.1, -0.05) is 17.3 Å². The Kier molecular flexibility index (Phi) is 4.19. The number of azide groups is 1. The second-order valence-corrected chi connectivity index (χ2v) is 3.05. The highest BCUT2D eigenvalue weighted by molar-refractivity contribution is 5.50. The van der Waals surface area contributed by atoms with E-state index < -0.39 is 0 Å². The Bertz CT molecular complexity index is 455. The van der Waals surface area contributed by atoms with Crippen LogP contribution >= 0.6 is 0 Å². The molecule has 0 aliphatic carbocycles. The molecule has 0 aromatic carbocycles. The van der Waals surface area contributed by atoms with Crippen LogP contribution in [0.2, 0.25) is 0 Å². The number of nitrogens with one attached hydrogen (secondary N) is 1. The molecule has 1 aromatic rings. The molecule has 0 spiro atoms. The Morgan fingerprint density at radius 1 is 1.60 bits per heavy atom. The predicted octanol–water partition coefficient (Wildman–Crippen LogP) is 2.40. The summed E-state index contributed by atoms with van der Waals surface area (Å²) in [5.41, 5.74) is 9.76. The molecule has 0 atom stereocenters. The highest BCUT2D eigenvalue weighted by atomic mass is 16.1. The Balaban J connectivity index is 2.64. The average molecular weight is 204 g/mol. The van der Waals surface area contributed by atoms with E-state index in [0.717, 1.165) is 11.3 Å². The van der Waals surface area contributed by atoms with Gasteiger partial charge in [0.05, 0.1) is 0 Å². The van der Waals surface area contributed by atoms with Gasteiger partial charge in [-0.25, -0.2) is 0 Å². The quantitative estimate of drug-likeness (QED) is 0.347. The first kappa shape index (κ1) is 11.1. The molecule has 15 heavy (non-hydrogen) atoms. The highest BCUT2D eigenvalue weighted by Gasteiger charge is 1.93. The Hall–Kier alpha value is -2.00. The van der Waals surface area contributed by atoms with Crippen LogP contribution in [-0.4, -0.2) is 11.5 Å². The van der Waals surface area contributed by atoms with E-state index in [9.17, 15) is 4.79 Å². The summed E-state index contributed by atoms with van der Waals surface area (Å²) in [6.45, 7) is 2.30. The maximum absolute atomic E-state index is 10.9. The minimum Gasteiger partial charge on any atom is -0.326 e. The van der Waals surface area contributed by atoms with Crippen molar-refractivity contribution in [3.05, 3.63) is 50.3 Å². The summed E-state index contributed by atoms with van der Waals surface area (Å²) in [6.07, 6.45) is 4.51. The number of aryl methyl sites for hydroxylation is 1. The minimum absolute atomic E-state index is 0.0984. The van der Waals surface area contributed by atoms with Crippen LogP contribution in [0, 0.1) is 6.92 Å². The molecule has 0 fully saturated rings. The summed E-state index contributed by atoms with van der Waals surface area (Å²) < 4.78 is 0. The van der Waals surface area contributed by atoms with Gasteiger partial charge in [0.2, 0.25) is 5.56 Å². The third kappa shape index (κ3) is 3.70. The summed E-state index contributed by atoms with van der Waals surface area (Å²) in [6, 6.07) is 3.25. The number of pyridine rings is 1. The van der Waals surface area contributed by atoms with Crippen molar-refractivity contribution in [1.29, 1.82) is 0 Å². The lowest BCUT2D eigenvalue weighted by molar-refractivity contribution is 0.995. The van der Waals surface area contributed by atoms with Gasteiger partial charge in [-0.05, 0) is 30.5 Å². The van der Waals surface area contributed by atoms with Crippen LogP contribution < -0.4 is 5.56 Å². The van der Waals surface area contributed by atoms with Crippen LogP contribution in [0.1, 0.15) is 17.7 Å². The molecule has 78 valence electrons. The molecule has 0 saturated carbocycles. The Labute approximate surface area is 87.1 Å². The SMILES string of the molecule is Cc1[nH]c(=O)ccc1C=CCCN=[N+]=[N-]. The summed E-state index contributed by atoms with van der Waals surface area (Å²) in [5, 5.41) is 3.41. The first-order valence-corrected chi connectivity index (χ1v) is 4.61. The fraction of sp³-hybridized carbons (Fsp3) is 0.300. The molecular formula is C10H12N4O. The van der Waals surface area contributed by atoms with Crippen LogP contribution in [0.5, 0.6) is 0 Å². The standard InChI is InChI=1S/C10H12N4O/c1-8-9(5-6-10(15)13-8)4-2-3-7-12-14-11/h2,4-6H,3,7H2,1H3,(H,13,15). The van der Waals surface area contributed by atoms with Gasteiger partial charge in [0.15, 0.2) is 0 Å². The zero-order valence-corrected chi connectivity index (χ0v) is 8.47. The Morgan fingerprint density at radius 3 is 3.07 bits per heavy atom. The van der Waals surface area contributed by atoms with E-state index in [-0.39, 0.29) is 5.56 Å². The van der Waals surface area contributed by atoms with Crippen molar-refractivity contribution in [3.8, 4) is 0 Å². The third-order valence-corrected chi connectivity index (χ3v) is 1.91. The van der Waals surface area contributed by atoms with E-state index in [4.69, 9.17) is 5.53 Å². The maximum Gasteiger partial charge on any atom is 0.248 e. The molecule has 0 unspecified atom stereocenters. The number of aromatic nitrogens is 1. The molecule has 1 N–H and O–H groups in total. The van der Waals surface area contributed by atoms with Gasteiger partial charge >= 0.3 is 0 Å². The van der Waals surface area contributed by atoms with E-state index >= 15 is 0 Å². The minimum atomic E-state index is -0.0984. The molecule has 5 nitrogen and oxygen atoms in total. The molecule has 1 heterocycles. The first-order valence-electron chi connectivity index (χ1n) is 4.61. The van der Waals surface area contributed by atoms with Gasteiger partial charge < -0.3 is 4.98 Å². The van der Waals surface area contributed by atoms with Crippen molar-refractivity contribution < 1.29 is 0 Å². The first-order chi connectivity index (χ1) is 7.24. The van der Waals surface area contributed by atoms with Gasteiger partial charge in [-0.15, -0.1) is 0 Å². The molecule has 1 aromatic heterocycles. The van der Waals surface area contributed by atoms with E-state index in [1.807, 2.05) is 19.1 Å². The van der Waals surface area contributed by atoms with Crippen LogP contribution in [0.25, 0.3) is 16.5 Å². The van der Waals surface area contributed by atoms with Crippen molar-refractivity contribution >= 4 is 6.08 Å². The summed E-state index contributed by atoms with van der Waals surface area (Å²) in [5.74, 6) is 0. The van der Waals surface area contributed by atoms with Gasteiger partial charge in [-0.2, -0.15) is 0 Å². The van der Waals surface area contributed by atoms with E-state index in [1.54, 1.807) is 6.07 Å². The fourth-order valence-corrected chi connectivity index (χ4v) is 1.16. The molecule has 0 bridgehead atoms. The smallest absolute Gasteiger partial charge is 0.248 e. The zero-order chi connectivity index (χ0) is 11.1. The molecule has 1 rings (SSSR count). The van der Waals surface area contributed by atoms with Crippen LogP contribution in [0.4, 0.5) is 0 Å². The van der Waals surface area contributed by atoms with Gasteiger partial charge in [0, 0.05) is 23.2 Å². The average Bonchev–Trinajstić information content (AvgIpc) is 2.20. The highest BCUT2D eigenvalue weighted by Crippen LogP contribution is 2.04. The molecule has 0 aliphatic rings. The summed E-state index contributed by atoms with van der Waals surface area (Å²) >= 11 is 0. The number of aromatic amines is 1. The molecule has 0 aliphatic heterocycles. The van der Waals surface area contributed by atoms with Gasteiger partial charge in [-0.3, -0.25) is 4.79 Å². The van der Waals surface area contributed by atoms with Crippen molar-refractivity contribution in [1.82, 2.24) is 4.98 Å². The van der Waals surface area contributed by atoms with E-state index in [2.05, 4.69) is 15.0 Å². The topological polar surface area (TPSA) is 81.6 Å². The lowest BCUT2D eigenvalue weighted by Gasteiger charge is -1.97.